The summed E-state index contributed by atoms with van der Waals surface area (Å²) in [5.41, 5.74) is 5.95. The molecule has 0 amide bonds. The van der Waals surface area contributed by atoms with Crippen molar-refractivity contribution in [1.29, 1.82) is 0 Å². The maximum Gasteiger partial charge on any atom is 0.240 e. The van der Waals surface area contributed by atoms with Gasteiger partial charge in [-0.1, -0.05) is 30.3 Å². The Hall–Kier alpha value is -0.580. The molecule has 0 fully saturated rings. The van der Waals surface area contributed by atoms with E-state index in [-0.39, 0.29) is 6.54 Å². The Balaban J connectivity index is 3.06. The zero-order valence-electron chi connectivity index (χ0n) is 6.85. The van der Waals surface area contributed by atoms with Crippen molar-refractivity contribution in [3.05, 3.63) is 35.9 Å². The predicted octanol–water partition coefficient (Wildman–Crippen LogP) is 1.26. The maximum atomic E-state index is 11.0. The molecule has 1 aromatic carbocycles. The molecule has 0 spiro atoms. The van der Waals surface area contributed by atoms with Gasteiger partial charge < -0.3 is 5.73 Å². The van der Waals surface area contributed by atoms with Gasteiger partial charge in [-0.2, -0.15) is 0 Å². The highest BCUT2D eigenvalue weighted by Gasteiger charge is 2.22. The van der Waals surface area contributed by atoms with Crippen molar-refractivity contribution in [3.63, 3.8) is 0 Å². The molecule has 1 rings (SSSR count). The van der Waals surface area contributed by atoms with Gasteiger partial charge in [0.05, 0.1) is 0 Å². The molecule has 13 heavy (non-hydrogen) atoms. The predicted molar refractivity (Wildman–Crippen MR) is 53.0 cm³/mol. The summed E-state index contributed by atoms with van der Waals surface area (Å²) in [6, 6.07) is 8.69. The minimum atomic E-state index is -3.62. The van der Waals surface area contributed by atoms with Crippen LogP contribution >= 0.6 is 10.7 Å². The summed E-state index contributed by atoms with van der Waals surface area (Å²) in [5, 5.41) is -0.810. The van der Waals surface area contributed by atoms with Crippen LogP contribution in [-0.4, -0.2) is 15.0 Å². The van der Waals surface area contributed by atoms with Crippen LogP contribution in [0.5, 0.6) is 0 Å². The lowest BCUT2D eigenvalue weighted by atomic mass is 10.1. The summed E-state index contributed by atoms with van der Waals surface area (Å²) in [6.07, 6.45) is 0. The van der Waals surface area contributed by atoms with Crippen molar-refractivity contribution in [1.82, 2.24) is 0 Å². The smallest absolute Gasteiger partial charge is 0.240 e. The van der Waals surface area contributed by atoms with Crippen molar-refractivity contribution >= 4 is 19.7 Å². The standard InChI is InChI=1S/C8H10ClNO2S/c9-13(11,12)8(6-10)7-4-2-1-3-5-7/h1-5,8H,6,10H2. The van der Waals surface area contributed by atoms with Crippen molar-refractivity contribution in [2.45, 2.75) is 5.25 Å². The number of halogens is 1. The molecule has 72 valence electrons. The lowest BCUT2D eigenvalue weighted by Gasteiger charge is -2.10. The normalized spacial score (nSPS) is 14.0. The van der Waals surface area contributed by atoms with Crippen LogP contribution in [0.4, 0.5) is 0 Å². The number of rotatable bonds is 3. The average Bonchev–Trinajstić information content (AvgIpc) is 2.05. The Kier molecular flexibility index (Phi) is 3.30. The third-order valence-corrected chi connectivity index (χ3v) is 3.51. The Morgan fingerprint density at radius 3 is 2.23 bits per heavy atom. The molecule has 5 heteroatoms. The summed E-state index contributed by atoms with van der Waals surface area (Å²) in [5.74, 6) is 0. The van der Waals surface area contributed by atoms with Crippen LogP contribution in [0.25, 0.3) is 0 Å². The highest BCUT2D eigenvalue weighted by atomic mass is 35.7. The fraction of sp³-hybridized carbons (Fsp3) is 0.250. The highest BCUT2D eigenvalue weighted by molar-refractivity contribution is 8.13. The number of hydrogen-bond acceptors (Lipinski definition) is 3. The molecule has 0 aliphatic carbocycles. The van der Waals surface area contributed by atoms with E-state index in [9.17, 15) is 8.42 Å². The third kappa shape index (κ3) is 2.69. The Morgan fingerprint density at radius 1 is 1.31 bits per heavy atom. The first kappa shape index (κ1) is 10.5. The van der Waals surface area contributed by atoms with Gasteiger partial charge in [-0.05, 0) is 5.56 Å². The Morgan fingerprint density at radius 2 is 1.85 bits per heavy atom. The monoisotopic (exact) mass is 219 g/mol. The second kappa shape index (κ2) is 4.09. The first-order valence-corrected chi connectivity index (χ1v) is 6.11. The van der Waals surface area contributed by atoms with Crippen LogP contribution in [0.15, 0.2) is 30.3 Å². The Bertz CT molecular complexity index is 363. The molecule has 1 aromatic rings. The van der Waals surface area contributed by atoms with Crippen molar-refractivity contribution in [2.24, 2.45) is 5.73 Å². The van der Waals surface area contributed by atoms with E-state index in [4.69, 9.17) is 16.4 Å². The van der Waals surface area contributed by atoms with Crippen LogP contribution in [-0.2, 0) is 9.05 Å². The van der Waals surface area contributed by atoms with E-state index in [0.29, 0.717) is 5.56 Å². The molecule has 3 nitrogen and oxygen atoms in total. The molecular formula is C8H10ClNO2S. The second-order valence-electron chi connectivity index (χ2n) is 2.61. The summed E-state index contributed by atoms with van der Waals surface area (Å²) in [6.45, 7) is -0.00412. The molecule has 0 bridgehead atoms. The average molecular weight is 220 g/mol. The van der Waals surface area contributed by atoms with Gasteiger partial charge in [0.1, 0.15) is 5.25 Å². The molecule has 0 saturated carbocycles. The maximum absolute atomic E-state index is 11.0. The number of benzene rings is 1. The zero-order valence-corrected chi connectivity index (χ0v) is 8.42. The van der Waals surface area contributed by atoms with E-state index in [1.165, 1.54) is 0 Å². The van der Waals surface area contributed by atoms with Crippen LogP contribution in [0.2, 0.25) is 0 Å². The molecule has 0 saturated heterocycles. The van der Waals surface area contributed by atoms with Crippen LogP contribution in [0.3, 0.4) is 0 Å². The van der Waals surface area contributed by atoms with Gasteiger partial charge in [0.25, 0.3) is 0 Å². The highest BCUT2D eigenvalue weighted by Crippen LogP contribution is 2.23. The second-order valence-corrected chi connectivity index (χ2v) is 5.42. The van der Waals surface area contributed by atoms with Gasteiger partial charge in [0.2, 0.25) is 9.05 Å². The van der Waals surface area contributed by atoms with E-state index >= 15 is 0 Å². The minimum absolute atomic E-state index is 0.00412. The lowest BCUT2D eigenvalue weighted by Crippen LogP contribution is -2.17. The van der Waals surface area contributed by atoms with Gasteiger partial charge in [0, 0.05) is 17.2 Å². The quantitative estimate of drug-likeness (QED) is 0.779. The van der Waals surface area contributed by atoms with Gasteiger partial charge in [-0.15, -0.1) is 0 Å². The van der Waals surface area contributed by atoms with Crippen LogP contribution < -0.4 is 5.73 Å². The SMILES string of the molecule is NCC(c1ccccc1)S(=O)(=O)Cl. The molecule has 0 radical (unpaired) electrons. The molecular weight excluding hydrogens is 210 g/mol. The summed E-state index contributed by atoms with van der Waals surface area (Å²) in [4.78, 5) is 0. The molecule has 0 heterocycles. The van der Waals surface area contributed by atoms with Crippen molar-refractivity contribution in [2.75, 3.05) is 6.54 Å². The van der Waals surface area contributed by atoms with E-state index < -0.39 is 14.3 Å². The first-order valence-electron chi connectivity index (χ1n) is 3.74. The Labute approximate surface area is 81.9 Å². The molecule has 1 unspecified atom stereocenters. The summed E-state index contributed by atoms with van der Waals surface area (Å²) in [7, 11) is 1.61. The van der Waals surface area contributed by atoms with Gasteiger partial charge in [-0.3, -0.25) is 0 Å². The number of hydrogen-bond donors (Lipinski definition) is 1. The van der Waals surface area contributed by atoms with Crippen molar-refractivity contribution in [3.8, 4) is 0 Å². The summed E-state index contributed by atoms with van der Waals surface area (Å²) >= 11 is 0. The van der Waals surface area contributed by atoms with Gasteiger partial charge in [0.15, 0.2) is 0 Å². The largest absolute Gasteiger partial charge is 0.329 e. The molecule has 2 N–H and O–H groups in total. The topological polar surface area (TPSA) is 60.2 Å². The van der Waals surface area contributed by atoms with Crippen molar-refractivity contribution < 1.29 is 8.42 Å². The fourth-order valence-electron chi connectivity index (χ4n) is 1.08. The number of nitrogens with two attached hydrogens (primary N) is 1. The summed E-state index contributed by atoms with van der Waals surface area (Å²) < 4.78 is 22.1. The zero-order chi connectivity index (χ0) is 9.90. The molecule has 0 aromatic heterocycles. The van der Waals surface area contributed by atoms with Gasteiger partial charge in [-0.25, -0.2) is 8.42 Å². The van der Waals surface area contributed by atoms with Crippen LogP contribution in [0, 0.1) is 0 Å². The minimum Gasteiger partial charge on any atom is -0.329 e. The van der Waals surface area contributed by atoms with E-state index in [0.717, 1.165) is 0 Å². The molecule has 0 aliphatic heterocycles. The first-order chi connectivity index (χ1) is 6.05. The molecule has 0 aliphatic rings. The third-order valence-electron chi connectivity index (χ3n) is 1.73. The van der Waals surface area contributed by atoms with E-state index in [1.807, 2.05) is 0 Å². The van der Waals surface area contributed by atoms with Gasteiger partial charge >= 0.3 is 0 Å². The lowest BCUT2D eigenvalue weighted by molar-refractivity contribution is 0.597. The fourth-order valence-corrected chi connectivity index (χ4v) is 2.32. The molecule has 1 atom stereocenters. The van der Waals surface area contributed by atoms with E-state index in [1.54, 1.807) is 30.3 Å². The van der Waals surface area contributed by atoms with Crippen LogP contribution in [0.1, 0.15) is 10.8 Å². The van der Waals surface area contributed by atoms with E-state index in [2.05, 4.69) is 0 Å².